The van der Waals surface area contributed by atoms with Gasteiger partial charge in [-0.1, -0.05) is 58.8 Å². The van der Waals surface area contributed by atoms with E-state index in [1.807, 2.05) is 0 Å². The number of ether oxygens (including phenoxy) is 3. The number of methoxy groups -OCH3 is 3. The van der Waals surface area contributed by atoms with Gasteiger partial charge in [0.15, 0.2) is 0 Å². The van der Waals surface area contributed by atoms with Crippen LogP contribution in [0.3, 0.4) is 0 Å². The topological polar surface area (TPSA) is 39.7 Å². The van der Waals surface area contributed by atoms with E-state index in [-0.39, 0.29) is 5.92 Å². The summed E-state index contributed by atoms with van der Waals surface area (Å²) >= 11 is 0. The lowest BCUT2D eigenvalue weighted by Gasteiger charge is -2.36. The second kappa shape index (κ2) is 15.4. The second-order valence-electron chi connectivity index (χ2n) is 6.32. The first kappa shape index (κ1) is 22.8. The zero-order valence-electron chi connectivity index (χ0n) is 16.3. The molecule has 0 aliphatic rings. The highest BCUT2D eigenvalue weighted by atomic mass is 16.9. The number of nitrogens with one attached hydrogen (secondary N) is 1. The first-order chi connectivity index (χ1) is 11.2. The maximum Gasteiger partial charge on any atom is 0.285 e. The van der Waals surface area contributed by atoms with Gasteiger partial charge in [-0.3, -0.25) is 0 Å². The predicted molar refractivity (Wildman–Crippen MR) is 97.6 cm³/mol. The van der Waals surface area contributed by atoms with Crippen LogP contribution in [0.5, 0.6) is 0 Å². The van der Waals surface area contributed by atoms with Gasteiger partial charge in [-0.2, -0.15) is 0 Å². The summed E-state index contributed by atoms with van der Waals surface area (Å²) in [5, 5.41) is 3.38. The predicted octanol–water partition coefficient (Wildman–Crippen LogP) is 4.73. The Morgan fingerprint density at radius 3 is 1.78 bits per heavy atom. The molecule has 0 aromatic carbocycles. The fraction of sp³-hybridized carbons (Fsp3) is 1.00. The van der Waals surface area contributed by atoms with Crippen molar-refractivity contribution < 1.29 is 14.2 Å². The minimum atomic E-state index is -0.887. The summed E-state index contributed by atoms with van der Waals surface area (Å²) in [6, 6.07) is 0. The summed E-state index contributed by atoms with van der Waals surface area (Å²) in [4.78, 5) is 0. The summed E-state index contributed by atoms with van der Waals surface area (Å²) in [6.45, 7) is 6.53. The standard InChI is InChI=1S/C19H41NO3/c1-6-8-9-10-11-12-15-18(16-13-14-17-20-7-2)19(21-3,22-4)23-5/h18,20H,6-17H2,1-5H3. The van der Waals surface area contributed by atoms with Gasteiger partial charge in [-0.25, -0.2) is 0 Å². The molecule has 0 bridgehead atoms. The van der Waals surface area contributed by atoms with E-state index in [9.17, 15) is 0 Å². The van der Waals surface area contributed by atoms with Gasteiger partial charge >= 0.3 is 0 Å². The molecule has 0 saturated carbocycles. The third-order valence-electron chi connectivity index (χ3n) is 4.67. The Kier molecular flexibility index (Phi) is 15.3. The molecule has 0 aromatic heterocycles. The van der Waals surface area contributed by atoms with E-state index in [0.29, 0.717) is 0 Å². The highest BCUT2D eigenvalue weighted by Crippen LogP contribution is 2.32. The van der Waals surface area contributed by atoms with Crippen LogP contribution in [0.15, 0.2) is 0 Å². The van der Waals surface area contributed by atoms with Crippen molar-refractivity contribution in [3.8, 4) is 0 Å². The highest BCUT2D eigenvalue weighted by molar-refractivity contribution is 4.72. The number of unbranched alkanes of at least 4 members (excludes halogenated alkanes) is 6. The zero-order valence-corrected chi connectivity index (χ0v) is 16.3. The molecule has 0 fully saturated rings. The third kappa shape index (κ3) is 9.65. The van der Waals surface area contributed by atoms with Gasteiger partial charge in [-0.05, 0) is 32.4 Å². The zero-order chi connectivity index (χ0) is 17.4. The van der Waals surface area contributed by atoms with Crippen LogP contribution in [0.4, 0.5) is 0 Å². The molecule has 0 aliphatic carbocycles. The smallest absolute Gasteiger partial charge is 0.285 e. The van der Waals surface area contributed by atoms with Crippen molar-refractivity contribution in [2.45, 2.75) is 84.0 Å². The lowest BCUT2D eigenvalue weighted by Crippen LogP contribution is -2.44. The van der Waals surface area contributed by atoms with Gasteiger partial charge in [-0.15, -0.1) is 0 Å². The summed E-state index contributed by atoms with van der Waals surface area (Å²) in [7, 11) is 5.04. The van der Waals surface area contributed by atoms with Gasteiger partial charge in [0, 0.05) is 27.2 Å². The first-order valence-electron chi connectivity index (χ1n) is 9.56. The molecule has 0 aromatic rings. The van der Waals surface area contributed by atoms with Crippen molar-refractivity contribution in [3.05, 3.63) is 0 Å². The minimum Gasteiger partial charge on any atom is -0.331 e. The molecule has 23 heavy (non-hydrogen) atoms. The average molecular weight is 332 g/mol. The van der Waals surface area contributed by atoms with Gasteiger partial charge in [0.05, 0.1) is 0 Å². The van der Waals surface area contributed by atoms with E-state index in [4.69, 9.17) is 14.2 Å². The second-order valence-corrected chi connectivity index (χ2v) is 6.32. The normalized spacial score (nSPS) is 13.4. The quantitative estimate of drug-likeness (QED) is 0.309. The molecule has 1 atom stereocenters. The van der Waals surface area contributed by atoms with Crippen LogP contribution in [0.2, 0.25) is 0 Å². The fourth-order valence-corrected chi connectivity index (χ4v) is 3.24. The SMILES string of the molecule is CCCCCCCCC(CCCCNCC)C(OC)(OC)OC. The van der Waals surface area contributed by atoms with Gasteiger partial charge < -0.3 is 19.5 Å². The third-order valence-corrected chi connectivity index (χ3v) is 4.67. The van der Waals surface area contributed by atoms with Crippen LogP contribution in [0, 0.1) is 5.92 Å². The molecule has 0 heterocycles. The first-order valence-corrected chi connectivity index (χ1v) is 9.56. The molecule has 0 rings (SSSR count). The molecule has 0 saturated heterocycles. The van der Waals surface area contributed by atoms with Crippen LogP contribution in [0.1, 0.15) is 78.1 Å². The molecule has 140 valence electrons. The van der Waals surface area contributed by atoms with Crippen LogP contribution in [-0.4, -0.2) is 40.4 Å². The lowest BCUT2D eigenvalue weighted by molar-refractivity contribution is -0.380. The average Bonchev–Trinajstić information content (AvgIpc) is 2.58. The molecule has 4 nitrogen and oxygen atoms in total. The van der Waals surface area contributed by atoms with Crippen molar-refractivity contribution in [3.63, 3.8) is 0 Å². The Morgan fingerprint density at radius 2 is 1.26 bits per heavy atom. The van der Waals surface area contributed by atoms with E-state index in [2.05, 4.69) is 19.2 Å². The van der Waals surface area contributed by atoms with Crippen molar-refractivity contribution >= 4 is 0 Å². The van der Waals surface area contributed by atoms with Crippen molar-refractivity contribution in [2.24, 2.45) is 5.92 Å². The van der Waals surface area contributed by atoms with E-state index >= 15 is 0 Å². The maximum atomic E-state index is 5.61. The van der Waals surface area contributed by atoms with E-state index < -0.39 is 5.97 Å². The van der Waals surface area contributed by atoms with Crippen LogP contribution >= 0.6 is 0 Å². The molecular formula is C19H41NO3. The maximum absolute atomic E-state index is 5.61. The van der Waals surface area contributed by atoms with E-state index in [1.54, 1.807) is 21.3 Å². The van der Waals surface area contributed by atoms with Crippen molar-refractivity contribution in [2.75, 3.05) is 34.4 Å². The van der Waals surface area contributed by atoms with E-state index in [0.717, 1.165) is 25.9 Å². The van der Waals surface area contributed by atoms with Crippen LogP contribution in [0.25, 0.3) is 0 Å². The Balaban J connectivity index is 4.31. The van der Waals surface area contributed by atoms with Gasteiger partial charge in [0.25, 0.3) is 5.97 Å². The molecule has 1 N–H and O–H groups in total. The minimum absolute atomic E-state index is 0.287. The van der Waals surface area contributed by atoms with Crippen LogP contribution in [-0.2, 0) is 14.2 Å². The molecule has 0 amide bonds. The molecule has 0 aliphatic heterocycles. The molecular weight excluding hydrogens is 290 g/mol. The molecule has 1 unspecified atom stereocenters. The van der Waals surface area contributed by atoms with Crippen molar-refractivity contribution in [1.82, 2.24) is 5.32 Å². The Morgan fingerprint density at radius 1 is 0.739 bits per heavy atom. The Labute approximate surface area is 144 Å². The summed E-state index contributed by atoms with van der Waals surface area (Å²) in [5.41, 5.74) is 0. The lowest BCUT2D eigenvalue weighted by atomic mass is 9.92. The summed E-state index contributed by atoms with van der Waals surface area (Å²) in [6.07, 6.45) is 12.4. The van der Waals surface area contributed by atoms with Gasteiger partial charge in [0.2, 0.25) is 0 Å². The summed E-state index contributed by atoms with van der Waals surface area (Å²) < 4.78 is 16.8. The van der Waals surface area contributed by atoms with Crippen LogP contribution < -0.4 is 5.32 Å². The largest absolute Gasteiger partial charge is 0.331 e. The molecule has 4 heteroatoms. The summed E-state index contributed by atoms with van der Waals surface area (Å²) in [5.74, 6) is -0.600. The number of hydrogen-bond donors (Lipinski definition) is 1. The van der Waals surface area contributed by atoms with Gasteiger partial charge in [0.1, 0.15) is 0 Å². The number of hydrogen-bond acceptors (Lipinski definition) is 4. The number of rotatable bonds is 17. The van der Waals surface area contributed by atoms with E-state index in [1.165, 1.54) is 51.4 Å². The Hall–Kier alpha value is -0.160. The Bertz CT molecular complexity index is 237. The monoisotopic (exact) mass is 331 g/mol. The fourth-order valence-electron chi connectivity index (χ4n) is 3.24. The molecule has 0 spiro atoms. The molecule has 0 radical (unpaired) electrons. The van der Waals surface area contributed by atoms with Crippen molar-refractivity contribution in [1.29, 1.82) is 0 Å². The highest BCUT2D eigenvalue weighted by Gasteiger charge is 2.39.